The molecule has 5 rings (SSSR count). The van der Waals surface area contributed by atoms with Gasteiger partial charge in [-0.25, -0.2) is 0 Å². The summed E-state index contributed by atoms with van der Waals surface area (Å²) >= 11 is 0. The minimum atomic E-state index is 0.390. The van der Waals surface area contributed by atoms with Gasteiger partial charge < -0.3 is 0 Å². The number of hydrogen-bond acceptors (Lipinski definition) is 0. The van der Waals surface area contributed by atoms with E-state index in [1.165, 1.54) is 44.5 Å². The van der Waals surface area contributed by atoms with Crippen molar-refractivity contribution in [2.75, 3.05) is 0 Å². The first-order valence-electron chi connectivity index (χ1n) is 8.73. The fraction of sp³-hybridized carbons (Fsp3) is 0.167. The third-order valence-electron chi connectivity index (χ3n) is 5.63. The Labute approximate surface area is 143 Å². The summed E-state index contributed by atoms with van der Waals surface area (Å²) in [5, 5.41) is 0. The lowest BCUT2D eigenvalue weighted by Gasteiger charge is -2.26. The van der Waals surface area contributed by atoms with Crippen LogP contribution in [-0.2, 0) is 6.42 Å². The van der Waals surface area contributed by atoms with Gasteiger partial charge in [0, 0.05) is 5.92 Å². The summed E-state index contributed by atoms with van der Waals surface area (Å²) in [7, 11) is 0. The van der Waals surface area contributed by atoms with Gasteiger partial charge >= 0.3 is 0 Å². The van der Waals surface area contributed by atoms with Crippen molar-refractivity contribution in [1.82, 2.24) is 0 Å². The predicted molar refractivity (Wildman–Crippen MR) is 101 cm³/mol. The van der Waals surface area contributed by atoms with Crippen molar-refractivity contribution >= 4 is 5.57 Å². The molecule has 1 atom stereocenters. The average Bonchev–Trinajstić information content (AvgIpc) is 2.94. The molecule has 2 aliphatic carbocycles. The van der Waals surface area contributed by atoms with Gasteiger partial charge in [0.2, 0.25) is 0 Å². The van der Waals surface area contributed by atoms with Gasteiger partial charge in [0.1, 0.15) is 0 Å². The second-order valence-electron chi connectivity index (χ2n) is 7.08. The third kappa shape index (κ3) is 1.80. The highest BCUT2D eigenvalue weighted by atomic mass is 14.4. The molecule has 0 fully saturated rings. The van der Waals surface area contributed by atoms with E-state index in [1.54, 1.807) is 5.56 Å². The molecule has 0 aliphatic heterocycles. The number of aryl methyl sites for hydroxylation is 2. The first kappa shape index (κ1) is 13.8. The zero-order valence-electron chi connectivity index (χ0n) is 14.1. The normalized spacial score (nSPS) is 17.2. The highest BCUT2D eigenvalue weighted by Gasteiger charge is 2.36. The van der Waals surface area contributed by atoms with Crippen LogP contribution < -0.4 is 0 Å². The van der Waals surface area contributed by atoms with Crippen molar-refractivity contribution in [2.24, 2.45) is 0 Å². The molecule has 0 nitrogen and oxygen atoms in total. The lowest BCUT2D eigenvalue weighted by atomic mass is 9.77. The maximum Gasteiger partial charge on any atom is 0.0358 e. The maximum absolute atomic E-state index is 2.45. The molecule has 0 N–H and O–H groups in total. The van der Waals surface area contributed by atoms with Crippen molar-refractivity contribution in [3.63, 3.8) is 0 Å². The van der Waals surface area contributed by atoms with E-state index in [1.807, 2.05) is 0 Å². The monoisotopic (exact) mass is 308 g/mol. The fourth-order valence-corrected chi connectivity index (χ4v) is 4.50. The molecule has 0 amide bonds. The van der Waals surface area contributed by atoms with Crippen LogP contribution in [-0.4, -0.2) is 0 Å². The molecule has 0 heteroatoms. The molecule has 3 aromatic rings. The van der Waals surface area contributed by atoms with Gasteiger partial charge in [-0.2, -0.15) is 0 Å². The SMILES string of the molecule is Cc1ccc2c(c1)C1C(c3ccccc3)=CCc3c(C)ccc-2c31. The lowest BCUT2D eigenvalue weighted by Crippen LogP contribution is -2.10. The molecule has 0 bridgehead atoms. The number of allylic oxidation sites excluding steroid dienone is 2. The van der Waals surface area contributed by atoms with Gasteiger partial charge in [-0.3, -0.25) is 0 Å². The fourth-order valence-electron chi connectivity index (χ4n) is 4.50. The molecule has 0 heterocycles. The zero-order chi connectivity index (χ0) is 16.3. The van der Waals surface area contributed by atoms with Crippen molar-refractivity contribution < 1.29 is 0 Å². The second kappa shape index (κ2) is 4.95. The molecular formula is C24H20. The molecule has 116 valence electrons. The standard InChI is InChI=1S/C24H20/c1-15-8-10-20-21-11-9-16(2)18-12-13-19(17-6-4-3-5-7-17)24(23(18)21)22(20)14-15/h3-11,13-14,24H,12H2,1-2H3. The second-order valence-corrected chi connectivity index (χ2v) is 7.08. The molecule has 3 aromatic carbocycles. The quantitative estimate of drug-likeness (QED) is 0.513. The summed E-state index contributed by atoms with van der Waals surface area (Å²) < 4.78 is 0. The van der Waals surface area contributed by atoms with E-state index in [-0.39, 0.29) is 0 Å². The van der Waals surface area contributed by atoms with E-state index in [4.69, 9.17) is 0 Å². The van der Waals surface area contributed by atoms with E-state index in [0.29, 0.717) is 5.92 Å². The molecule has 24 heavy (non-hydrogen) atoms. The summed E-state index contributed by atoms with van der Waals surface area (Å²) in [4.78, 5) is 0. The minimum Gasteiger partial charge on any atom is -0.0753 e. The van der Waals surface area contributed by atoms with Crippen LogP contribution in [0.1, 0.15) is 39.3 Å². The molecule has 1 unspecified atom stereocenters. The Bertz CT molecular complexity index is 990. The lowest BCUT2D eigenvalue weighted by molar-refractivity contribution is 0.994. The largest absolute Gasteiger partial charge is 0.0753 e. The van der Waals surface area contributed by atoms with Gasteiger partial charge in [0.05, 0.1) is 0 Å². The molecule has 0 aromatic heterocycles. The third-order valence-corrected chi connectivity index (χ3v) is 5.63. The van der Waals surface area contributed by atoms with E-state index >= 15 is 0 Å². The summed E-state index contributed by atoms with van der Waals surface area (Å²) in [6.07, 6.45) is 3.50. The molecular weight excluding hydrogens is 288 g/mol. The van der Waals surface area contributed by atoms with Crippen LogP contribution in [0.15, 0.2) is 66.7 Å². The van der Waals surface area contributed by atoms with Crippen LogP contribution in [0.4, 0.5) is 0 Å². The number of hydrogen-bond donors (Lipinski definition) is 0. The topological polar surface area (TPSA) is 0 Å². The van der Waals surface area contributed by atoms with E-state index in [2.05, 4.69) is 80.6 Å². The van der Waals surface area contributed by atoms with Crippen molar-refractivity contribution in [1.29, 1.82) is 0 Å². The van der Waals surface area contributed by atoms with Crippen LogP contribution in [0.5, 0.6) is 0 Å². The Morgan fingerprint density at radius 3 is 2.46 bits per heavy atom. The minimum absolute atomic E-state index is 0.390. The molecule has 0 spiro atoms. The number of benzene rings is 3. The molecule has 2 aliphatic rings. The predicted octanol–water partition coefficient (Wildman–Crippen LogP) is 6.06. The van der Waals surface area contributed by atoms with Gasteiger partial charge in [-0.1, -0.05) is 72.3 Å². The van der Waals surface area contributed by atoms with Gasteiger partial charge in [0.25, 0.3) is 0 Å². The molecule has 0 saturated heterocycles. The van der Waals surface area contributed by atoms with E-state index in [0.717, 1.165) is 6.42 Å². The first-order chi connectivity index (χ1) is 11.7. The van der Waals surface area contributed by atoms with Crippen molar-refractivity contribution in [3.05, 3.63) is 100 Å². The van der Waals surface area contributed by atoms with E-state index in [9.17, 15) is 0 Å². The van der Waals surface area contributed by atoms with Crippen LogP contribution in [0, 0.1) is 13.8 Å². The van der Waals surface area contributed by atoms with Gasteiger partial charge in [-0.05, 0) is 64.8 Å². The molecule has 0 saturated carbocycles. The van der Waals surface area contributed by atoms with Crippen LogP contribution in [0.2, 0.25) is 0 Å². The summed E-state index contributed by atoms with van der Waals surface area (Å²) in [6.45, 7) is 4.45. The van der Waals surface area contributed by atoms with Crippen LogP contribution >= 0.6 is 0 Å². The van der Waals surface area contributed by atoms with Crippen molar-refractivity contribution in [3.8, 4) is 11.1 Å². The number of fused-ring (bicyclic) bond motifs is 3. The Balaban J connectivity index is 1.82. The van der Waals surface area contributed by atoms with E-state index < -0.39 is 0 Å². The highest BCUT2D eigenvalue weighted by Crippen LogP contribution is 2.54. The van der Waals surface area contributed by atoms with Crippen molar-refractivity contribution in [2.45, 2.75) is 26.2 Å². The smallest absolute Gasteiger partial charge is 0.0358 e. The summed E-state index contributed by atoms with van der Waals surface area (Å²) in [5.41, 5.74) is 13.0. The Kier molecular flexibility index (Phi) is 2.84. The van der Waals surface area contributed by atoms with Gasteiger partial charge in [0.15, 0.2) is 0 Å². The summed E-state index contributed by atoms with van der Waals surface area (Å²) in [6, 6.07) is 22.5. The maximum atomic E-state index is 2.45. The first-order valence-corrected chi connectivity index (χ1v) is 8.73. The molecule has 0 radical (unpaired) electrons. The van der Waals surface area contributed by atoms with Crippen LogP contribution in [0.3, 0.4) is 0 Å². The number of rotatable bonds is 1. The Morgan fingerprint density at radius 1 is 0.833 bits per heavy atom. The average molecular weight is 308 g/mol. The highest BCUT2D eigenvalue weighted by molar-refractivity contribution is 5.91. The Hall–Kier alpha value is -2.60. The Morgan fingerprint density at radius 2 is 1.62 bits per heavy atom. The van der Waals surface area contributed by atoms with Crippen LogP contribution in [0.25, 0.3) is 16.7 Å². The van der Waals surface area contributed by atoms with Gasteiger partial charge in [-0.15, -0.1) is 0 Å². The zero-order valence-corrected chi connectivity index (χ0v) is 14.1. The summed E-state index contributed by atoms with van der Waals surface area (Å²) in [5.74, 6) is 0.390.